The van der Waals surface area contributed by atoms with Crippen LogP contribution in [-0.4, -0.2) is 45.9 Å². The van der Waals surface area contributed by atoms with Gasteiger partial charge in [-0.05, 0) is 49.1 Å². The minimum atomic E-state index is -3.75. The van der Waals surface area contributed by atoms with E-state index < -0.39 is 15.9 Å². The largest absolute Gasteiger partial charge is 0.493 e. The summed E-state index contributed by atoms with van der Waals surface area (Å²) in [5.74, 6) is 0.243. The van der Waals surface area contributed by atoms with Gasteiger partial charge in [-0.1, -0.05) is 19.1 Å². The summed E-state index contributed by atoms with van der Waals surface area (Å²) in [4.78, 5) is 12.9. The molecule has 2 aromatic carbocycles. The van der Waals surface area contributed by atoms with E-state index in [9.17, 15) is 13.2 Å². The predicted octanol–water partition coefficient (Wildman–Crippen LogP) is 3.31. The highest BCUT2D eigenvalue weighted by Crippen LogP contribution is 2.32. The molecule has 1 N–H and O–H groups in total. The highest BCUT2D eigenvalue weighted by atomic mass is 32.2. The van der Waals surface area contributed by atoms with E-state index in [4.69, 9.17) is 9.47 Å². The summed E-state index contributed by atoms with van der Waals surface area (Å²) < 4.78 is 38.1. The number of nitrogens with zero attached hydrogens (tertiary/aromatic N) is 1. The Hall–Kier alpha value is -2.58. The van der Waals surface area contributed by atoms with Gasteiger partial charge in [0.2, 0.25) is 15.9 Å². The minimum Gasteiger partial charge on any atom is -0.493 e. The van der Waals surface area contributed by atoms with E-state index in [2.05, 4.69) is 12.2 Å². The molecule has 0 bridgehead atoms. The van der Waals surface area contributed by atoms with Gasteiger partial charge >= 0.3 is 0 Å². The first kappa shape index (κ1) is 22.1. The fourth-order valence-electron chi connectivity index (χ4n) is 3.57. The van der Waals surface area contributed by atoms with Crippen molar-refractivity contribution in [1.29, 1.82) is 0 Å². The molecule has 0 spiro atoms. The second kappa shape index (κ2) is 9.49. The highest BCUT2D eigenvalue weighted by molar-refractivity contribution is 7.89. The lowest BCUT2D eigenvalue weighted by molar-refractivity contribution is -0.120. The monoisotopic (exact) mass is 432 g/mol. The molecule has 162 valence electrons. The number of carbonyl (C=O) groups is 1. The van der Waals surface area contributed by atoms with E-state index in [1.54, 1.807) is 6.07 Å². The van der Waals surface area contributed by atoms with Crippen LogP contribution in [0, 0.1) is 5.92 Å². The Morgan fingerprint density at radius 2 is 1.80 bits per heavy atom. The molecule has 1 amide bonds. The molecule has 0 saturated carbocycles. The molecular formula is C22H28N2O5S. The second-order valence-corrected chi connectivity index (χ2v) is 9.20. The van der Waals surface area contributed by atoms with Crippen LogP contribution in [0.5, 0.6) is 11.5 Å². The summed E-state index contributed by atoms with van der Waals surface area (Å²) in [6, 6.07) is 12.2. The number of benzene rings is 2. The number of nitrogens with one attached hydrogen (secondary N) is 1. The molecule has 0 unspecified atom stereocenters. The van der Waals surface area contributed by atoms with Crippen molar-refractivity contribution in [3.8, 4) is 11.5 Å². The van der Waals surface area contributed by atoms with Crippen LogP contribution in [0.4, 0.5) is 5.69 Å². The van der Waals surface area contributed by atoms with Crippen molar-refractivity contribution in [3.05, 3.63) is 48.0 Å². The van der Waals surface area contributed by atoms with Crippen LogP contribution in [-0.2, 0) is 21.2 Å². The molecule has 1 fully saturated rings. The first-order valence-electron chi connectivity index (χ1n) is 10.0. The fourth-order valence-corrected chi connectivity index (χ4v) is 5.11. The lowest BCUT2D eigenvalue weighted by Crippen LogP contribution is -2.43. The minimum absolute atomic E-state index is 0.122. The Morgan fingerprint density at radius 1 is 1.10 bits per heavy atom. The van der Waals surface area contributed by atoms with Gasteiger partial charge in [-0.3, -0.25) is 4.79 Å². The summed E-state index contributed by atoms with van der Waals surface area (Å²) in [6.45, 7) is 2.60. The normalized spacial score (nSPS) is 17.4. The lowest BCUT2D eigenvalue weighted by Gasteiger charge is -2.31. The van der Waals surface area contributed by atoms with E-state index in [0.717, 1.165) is 12.1 Å². The molecule has 30 heavy (non-hydrogen) atoms. The number of methoxy groups -OCH3 is 2. The molecule has 1 heterocycles. The maximum atomic E-state index is 13.1. The van der Waals surface area contributed by atoms with E-state index in [0.29, 0.717) is 30.9 Å². The molecule has 0 radical (unpaired) electrons. The van der Waals surface area contributed by atoms with Gasteiger partial charge in [-0.15, -0.1) is 0 Å². The smallest absolute Gasteiger partial charge is 0.243 e. The highest BCUT2D eigenvalue weighted by Gasteiger charge is 2.33. The van der Waals surface area contributed by atoms with Gasteiger partial charge in [0.05, 0.1) is 25.0 Å². The molecule has 1 atom stereocenters. The molecule has 8 heteroatoms. The van der Waals surface area contributed by atoms with Gasteiger partial charge in [-0.25, -0.2) is 8.42 Å². The predicted molar refractivity (Wildman–Crippen MR) is 115 cm³/mol. The molecule has 0 aliphatic carbocycles. The van der Waals surface area contributed by atoms with Gasteiger partial charge in [-0.2, -0.15) is 4.31 Å². The number of rotatable bonds is 7. The number of anilines is 1. The van der Waals surface area contributed by atoms with Gasteiger partial charge in [0.15, 0.2) is 11.5 Å². The number of ether oxygens (including phenoxy) is 2. The van der Waals surface area contributed by atoms with Crippen molar-refractivity contribution < 1.29 is 22.7 Å². The Balaban J connectivity index is 1.73. The second-order valence-electron chi connectivity index (χ2n) is 7.26. The average molecular weight is 433 g/mol. The van der Waals surface area contributed by atoms with Crippen molar-refractivity contribution in [2.45, 2.75) is 31.1 Å². The number of sulfonamides is 1. The van der Waals surface area contributed by atoms with Gasteiger partial charge in [0.25, 0.3) is 0 Å². The maximum absolute atomic E-state index is 13.1. The van der Waals surface area contributed by atoms with Crippen LogP contribution in [0.2, 0.25) is 0 Å². The van der Waals surface area contributed by atoms with Crippen LogP contribution >= 0.6 is 0 Å². The molecule has 1 aliphatic rings. The van der Waals surface area contributed by atoms with Crippen LogP contribution in [0.25, 0.3) is 0 Å². The molecular weight excluding hydrogens is 404 g/mol. The summed E-state index contributed by atoms with van der Waals surface area (Å²) in [5.41, 5.74) is 1.91. The fraction of sp³-hybridized carbons (Fsp3) is 0.409. The maximum Gasteiger partial charge on any atom is 0.243 e. The van der Waals surface area contributed by atoms with Crippen LogP contribution in [0.15, 0.2) is 47.4 Å². The molecule has 1 saturated heterocycles. The quantitative estimate of drug-likeness (QED) is 0.726. The van der Waals surface area contributed by atoms with E-state index in [-0.39, 0.29) is 17.3 Å². The van der Waals surface area contributed by atoms with E-state index in [1.165, 1.54) is 36.2 Å². The average Bonchev–Trinajstić information content (AvgIpc) is 2.79. The van der Waals surface area contributed by atoms with Crippen LogP contribution in [0.3, 0.4) is 0 Å². The first-order chi connectivity index (χ1) is 14.4. The van der Waals surface area contributed by atoms with Crippen LogP contribution < -0.4 is 14.8 Å². The van der Waals surface area contributed by atoms with E-state index in [1.807, 2.05) is 24.3 Å². The Kier molecular flexibility index (Phi) is 6.99. The van der Waals surface area contributed by atoms with Crippen molar-refractivity contribution in [2.24, 2.45) is 5.92 Å². The third-order valence-corrected chi connectivity index (χ3v) is 7.24. The molecule has 7 nitrogen and oxygen atoms in total. The Morgan fingerprint density at radius 3 is 2.43 bits per heavy atom. The number of hydrogen-bond donors (Lipinski definition) is 1. The number of hydrogen-bond acceptors (Lipinski definition) is 5. The number of aryl methyl sites for hydroxylation is 1. The van der Waals surface area contributed by atoms with Crippen molar-refractivity contribution in [2.75, 3.05) is 32.6 Å². The lowest BCUT2D eigenvalue weighted by atomic mass is 9.98. The van der Waals surface area contributed by atoms with E-state index >= 15 is 0 Å². The Labute approximate surface area is 178 Å². The SMILES string of the molecule is CCc1ccc(NC(=O)[C@H]2CCCN(S(=O)(=O)c3ccc(OC)c(OC)c3)C2)cc1. The van der Waals surface area contributed by atoms with Gasteiger partial charge < -0.3 is 14.8 Å². The zero-order valence-electron chi connectivity index (χ0n) is 17.6. The Bertz CT molecular complexity index is 989. The molecule has 3 rings (SSSR count). The molecule has 0 aromatic heterocycles. The summed E-state index contributed by atoms with van der Waals surface area (Å²) in [5, 5.41) is 2.91. The zero-order valence-corrected chi connectivity index (χ0v) is 18.4. The standard InChI is InChI=1S/C22H28N2O5S/c1-4-16-7-9-18(10-8-16)23-22(25)17-6-5-13-24(15-17)30(26,27)19-11-12-20(28-2)21(14-19)29-3/h7-12,14,17H,4-6,13,15H2,1-3H3,(H,23,25)/t17-/m0/s1. The van der Waals surface area contributed by atoms with Crippen molar-refractivity contribution >= 4 is 21.6 Å². The topological polar surface area (TPSA) is 84.9 Å². The third-order valence-electron chi connectivity index (χ3n) is 5.38. The van der Waals surface area contributed by atoms with Crippen molar-refractivity contribution in [3.63, 3.8) is 0 Å². The zero-order chi connectivity index (χ0) is 21.7. The van der Waals surface area contributed by atoms with Crippen LogP contribution in [0.1, 0.15) is 25.3 Å². The summed E-state index contributed by atoms with van der Waals surface area (Å²) in [7, 11) is -0.794. The van der Waals surface area contributed by atoms with Crippen molar-refractivity contribution in [1.82, 2.24) is 4.31 Å². The summed E-state index contributed by atoms with van der Waals surface area (Å²) in [6.07, 6.45) is 2.20. The molecule has 1 aliphatic heterocycles. The molecule has 2 aromatic rings. The number of amides is 1. The number of carbonyl (C=O) groups excluding carboxylic acids is 1. The first-order valence-corrected chi connectivity index (χ1v) is 11.4. The van der Waals surface area contributed by atoms with Gasteiger partial charge in [0, 0.05) is 24.8 Å². The van der Waals surface area contributed by atoms with Gasteiger partial charge in [0.1, 0.15) is 0 Å². The summed E-state index contributed by atoms with van der Waals surface area (Å²) >= 11 is 0. The number of piperidine rings is 1. The third kappa shape index (κ3) is 4.76.